The van der Waals surface area contributed by atoms with Crippen molar-refractivity contribution in [2.24, 2.45) is 0 Å². The molecule has 3 rings (SSSR count). The van der Waals surface area contributed by atoms with Crippen molar-refractivity contribution < 1.29 is 26.2 Å². The molecule has 0 unspecified atom stereocenters. The fraction of sp³-hybridized carbons (Fsp3) is 0.0556. The van der Waals surface area contributed by atoms with Crippen molar-refractivity contribution in [2.75, 3.05) is 0 Å². The van der Waals surface area contributed by atoms with Gasteiger partial charge in [0.1, 0.15) is 0 Å². The summed E-state index contributed by atoms with van der Waals surface area (Å²) in [5.41, 5.74) is 1.32. The molecule has 0 atom stereocenters. The number of aryl methyl sites for hydroxylation is 1. The molecule has 0 aromatic heterocycles. The summed E-state index contributed by atoms with van der Waals surface area (Å²) in [5.74, 6) is 0. The zero-order chi connectivity index (χ0) is 12.2. The van der Waals surface area contributed by atoms with E-state index in [2.05, 4.69) is 19.1 Å². The van der Waals surface area contributed by atoms with Gasteiger partial charge in [-0.25, -0.2) is 24.3 Å². The predicted octanol–water partition coefficient (Wildman–Crippen LogP) is 5.25. The first kappa shape index (κ1) is 20.1. The second-order valence-electron chi connectivity index (χ2n) is 3.58. The second kappa shape index (κ2) is 14.9. The van der Waals surface area contributed by atoms with Crippen LogP contribution in [0.25, 0.3) is 0 Å². The van der Waals surface area contributed by atoms with E-state index in [-0.39, 0.29) is 33.6 Å². The van der Waals surface area contributed by atoms with E-state index in [4.69, 9.17) is 0 Å². The van der Waals surface area contributed by atoms with Gasteiger partial charge >= 0.3 is 26.2 Å². The van der Waals surface area contributed by atoms with Gasteiger partial charge < -0.3 is 7.43 Å². The van der Waals surface area contributed by atoms with Gasteiger partial charge in [0.05, 0.1) is 0 Å². The molecular weight excluding hydrogens is 307 g/mol. The molecule has 0 fully saturated rings. The van der Waals surface area contributed by atoms with Gasteiger partial charge in [-0.2, -0.15) is 36.4 Å². The quantitative estimate of drug-likeness (QED) is 0.494. The van der Waals surface area contributed by atoms with Crippen molar-refractivity contribution in [1.29, 1.82) is 0 Å². The van der Waals surface area contributed by atoms with Crippen LogP contribution in [-0.2, 0) is 26.2 Å². The summed E-state index contributed by atoms with van der Waals surface area (Å²) in [6, 6.07) is 30.3. The molecule has 0 spiro atoms. The average molecular weight is 329 g/mol. The molecular formula is C18H21Zr. The first-order chi connectivity index (χ1) is 8.39. The van der Waals surface area contributed by atoms with Crippen LogP contribution in [0.2, 0.25) is 0 Å². The van der Waals surface area contributed by atoms with Crippen molar-refractivity contribution in [3.05, 3.63) is 104 Å². The summed E-state index contributed by atoms with van der Waals surface area (Å²) >= 11 is 0. The normalized spacial score (nSPS) is 7.42. The minimum atomic E-state index is 0. The van der Waals surface area contributed by atoms with Crippen LogP contribution >= 0.6 is 0 Å². The van der Waals surface area contributed by atoms with Gasteiger partial charge in [0.25, 0.3) is 0 Å². The first-order valence-corrected chi connectivity index (χ1v) is 5.74. The molecule has 3 aromatic carbocycles. The average Bonchev–Trinajstić information content (AvgIpc) is 3.09. The van der Waals surface area contributed by atoms with E-state index >= 15 is 0 Å². The molecule has 0 amide bonds. The molecule has 0 heterocycles. The third kappa shape index (κ3) is 13.0. The Morgan fingerprint density at radius 1 is 0.632 bits per heavy atom. The zero-order valence-electron chi connectivity index (χ0n) is 11.7. The van der Waals surface area contributed by atoms with E-state index < -0.39 is 0 Å². The number of rotatable bonds is 0. The van der Waals surface area contributed by atoms with Crippen LogP contribution in [0.1, 0.15) is 5.56 Å². The van der Waals surface area contributed by atoms with Gasteiger partial charge in [-0.05, 0) is 6.92 Å². The largest absolute Gasteiger partial charge is 3.00 e. The van der Waals surface area contributed by atoms with E-state index in [1.807, 2.05) is 78.9 Å². The molecule has 0 saturated heterocycles. The monoisotopic (exact) mass is 327 g/mol. The van der Waals surface area contributed by atoms with E-state index in [0.717, 1.165) is 0 Å². The van der Waals surface area contributed by atoms with Gasteiger partial charge in [-0.1, -0.05) is 35.9 Å². The maximum absolute atomic E-state index is 2.08. The third-order valence-corrected chi connectivity index (χ3v) is 2.05. The maximum Gasteiger partial charge on any atom is 3.00 e. The van der Waals surface area contributed by atoms with Crippen molar-refractivity contribution in [3.63, 3.8) is 0 Å². The summed E-state index contributed by atoms with van der Waals surface area (Å²) < 4.78 is 0. The molecule has 3 aromatic rings. The number of hydrogen-bond donors (Lipinski definition) is 0. The van der Waals surface area contributed by atoms with Crippen LogP contribution in [-0.4, -0.2) is 0 Å². The molecule has 0 aliphatic carbocycles. The van der Waals surface area contributed by atoms with Crippen molar-refractivity contribution in [2.45, 2.75) is 6.92 Å². The molecule has 0 aliphatic heterocycles. The Labute approximate surface area is 137 Å². The summed E-state index contributed by atoms with van der Waals surface area (Å²) in [6.45, 7) is 2.08. The molecule has 1 radical (unpaired) electrons. The Balaban J connectivity index is 0. The molecule has 0 saturated carbocycles. The van der Waals surface area contributed by atoms with Crippen LogP contribution in [0, 0.1) is 14.4 Å². The van der Waals surface area contributed by atoms with E-state index in [0.29, 0.717) is 0 Å². The van der Waals surface area contributed by atoms with Crippen LogP contribution in [0.3, 0.4) is 0 Å². The molecule has 0 N–H and O–H groups in total. The predicted molar refractivity (Wildman–Crippen MR) is 81.7 cm³/mol. The zero-order valence-corrected chi connectivity index (χ0v) is 14.1. The van der Waals surface area contributed by atoms with Crippen molar-refractivity contribution in [1.82, 2.24) is 0 Å². The Bertz CT molecular complexity index is 363. The number of benzene rings is 1. The van der Waals surface area contributed by atoms with E-state index in [1.165, 1.54) is 5.56 Å². The molecule has 19 heavy (non-hydrogen) atoms. The summed E-state index contributed by atoms with van der Waals surface area (Å²) in [7, 11) is 0. The summed E-state index contributed by atoms with van der Waals surface area (Å²) in [5, 5.41) is 0. The van der Waals surface area contributed by atoms with Crippen LogP contribution in [0.5, 0.6) is 0 Å². The Morgan fingerprint density at radius 2 is 1.00 bits per heavy atom. The topological polar surface area (TPSA) is 0 Å². The fourth-order valence-electron chi connectivity index (χ4n) is 1.18. The van der Waals surface area contributed by atoms with Gasteiger partial charge in [0.2, 0.25) is 0 Å². The van der Waals surface area contributed by atoms with E-state index in [1.54, 1.807) is 0 Å². The van der Waals surface area contributed by atoms with E-state index in [9.17, 15) is 0 Å². The molecule has 0 aliphatic rings. The maximum atomic E-state index is 2.08. The standard InChI is InChI=1S/C7H8.2C5H5.CH3.Zr/c1-7-5-3-2-4-6-7;2*1-2-4-5-3-1;;/h2-6H,1H3;2*1-5H;1H3;/q;3*-1;+3. The van der Waals surface area contributed by atoms with Crippen LogP contribution in [0.15, 0.2) is 91.0 Å². The Kier molecular flexibility index (Phi) is 15.7. The Morgan fingerprint density at radius 3 is 1.16 bits per heavy atom. The smallest absolute Gasteiger partial charge is 0.358 e. The minimum absolute atomic E-state index is 0. The van der Waals surface area contributed by atoms with Crippen LogP contribution < -0.4 is 0 Å². The van der Waals surface area contributed by atoms with Gasteiger partial charge in [-0.3, -0.25) is 0 Å². The summed E-state index contributed by atoms with van der Waals surface area (Å²) in [6.07, 6.45) is 0. The van der Waals surface area contributed by atoms with Crippen molar-refractivity contribution in [3.8, 4) is 0 Å². The third-order valence-electron chi connectivity index (χ3n) is 2.05. The van der Waals surface area contributed by atoms with Crippen LogP contribution in [0.4, 0.5) is 0 Å². The Hall–Kier alpha value is -1.20. The first-order valence-electron chi connectivity index (χ1n) is 5.74. The molecule has 0 bridgehead atoms. The minimum Gasteiger partial charge on any atom is -0.358 e. The molecule has 97 valence electrons. The molecule has 0 nitrogen and oxygen atoms in total. The van der Waals surface area contributed by atoms with Gasteiger partial charge in [0.15, 0.2) is 0 Å². The second-order valence-corrected chi connectivity index (χ2v) is 3.58. The summed E-state index contributed by atoms with van der Waals surface area (Å²) in [4.78, 5) is 0. The SMILES string of the molecule is Cc1ccccc1.[CH3-].[Zr+3].c1cc[cH-]c1.c1cc[cH-]c1. The number of hydrogen-bond acceptors (Lipinski definition) is 0. The fourth-order valence-corrected chi connectivity index (χ4v) is 1.18. The molecule has 1 heteroatoms. The van der Waals surface area contributed by atoms with Gasteiger partial charge in [-0.15, -0.1) is 0 Å². The van der Waals surface area contributed by atoms with Crippen molar-refractivity contribution >= 4 is 0 Å². The van der Waals surface area contributed by atoms with Gasteiger partial charge in [0, 0.05) is 0 Å².